The third-order valence-corrected chi connectivity index (χ3v) is 3.51. The second kappa shape index (κ2) is 6.43. The van der Waals surface area contributed by atoms with Crippen molar-refractivity contribution in [1.29, 1.82) is 0 Å². The van der Waals surface area contributed by atoms with Crippen LogP contribution in [0.5, 0.6) is 0 Å². The molecule has 118 valence electrons. The Balaban J connectivity index is 1.65. The molecule has 7 heteroatoms. The van der Waals surface area contributed by atoms with Crippen molar-refractivity contribution in [1.82, 2.24) is 10.3 Å². The average Bonchev–Trinajstić information content (AvgIpc) is 2.55. The number of carbonyl (C=O) groups is 2. The predicted octanol–water partition coefficient (Wildman–Crippen LogP) is 2.43. The Morgan fingerprint density at radius 3 is 3.00 bits per heavy atom. The van der Waals surface area contributed by atoms with E-state index in [-0.39, 0.29) is 11.6 Å². The first kappa shape index (κ1) is 15.0. The summed E-state index contributed by atoms with van der Waals surface area (Å²) in [7, 11) is 0. The summed E-state index contributed by atoms with van der Waals surface area (Å²) >= 11 is 0. The van der Waals surface area contributed by atoms with Gasteiger partial charge in [0.15, 0.2) is 0 Å². The Morgan fingerprint density at radius 1 is 1.35 bits per heavy atom. The molecule has 2 aromatic rings. The van der Waals surface area contributed by atoms with Gasteiger partial charge in [-0.15, -0.1) is 0 Å². The highest BCUT2D eigenvalue weighted by Gasteiger charge is 2.18. The number of hydrogen-bond donors (Lipinski definition) is 3. The maximum Gasteiger partial charge on any atom is 0.319 e. The van der Waals surface area contributed by atoms with E-state index in [2.05, 4.69) is 20.9 Å². The second-order valence-corrected chi connectivity index (χ2v) is 5.21. The zero-order valence-electron chi connectivity index (χ0n) is 12.2. The van der Waals surface area contributed by atoms with Crippen molar-refractivity contribution in [2.24, 2.45) is 0 Å². The van der Waals surface area contributed by atoms with Crippen LogP contribution in [0.15, 0.2) is 36.7 Å². The summed E-state index contributed by atoms with van der Waals surface area (Å²) in [5.41, 5.74) is 2.19. The van der Waals surface area contributed by atoms with Crippen LogP contribution in [0.4, 0.5) is 20.6 Å². The first-order chi connectivity index (χ1) is 11.1. The lowest BCUT2D eigenvalue weighted by Gasteiger charge is -2.18. The zero-order chi connectivity index (χ0) is 16.2. The number of aryl methyl sites for hydroxylation is 1. The molecular formula is C16H15FN4O2. The van der Waals surface area contributed by atoms with Gasteiger partial charge in [-0.3, -0.25) is 9.78 Å². The van der Waals surface area contributed by atoms with Crippen molar-refractivity contribution in [3.8, 4) is 0 Å². The van der Waals surface area contributed by atoms with Gasteiger partial charge in [0.1, 0.15) is 5.82 Å². The maximum absolute atomic E-state index is 14.0. The average molecular weight is 314 g/mol. The Hall–Kier alpha value is -2.96. The summed E-state index contributed by atoms with van der Waals surface area (Å²) in [6.45, 7) is 0.294. The number of nitrogens with one attached hydrogen (secondary N) is 3. The molecule has 1 aliphatic rings. The molecule has 1 aromatic carbocycles. The highest BCUT2D eigenvalue weighted by molar-refractivity contribution is 5.95. The van der Waals surface area contributed by atoms with Gasteiger partial charge < -0.3 is 16.0 Å². The van der Waals surface area contributed by atoms with Crippen LogP contribution in [0, 0.1) is 5.82 Å². The molecule has 0 spiro atoms. The van der Waals surface area contributed by atoms with Gasteiger partial charge in [0.05, 0.1) is 5.69 Å². The van der Waals surface area contributed by atoms with Crippen molar-refractivity contribution in [2.45, 2.75) is 19.4 Å². The van der Waals surface area contributed by atoms with Crippen LogP contribution < -0.4 is 16.0 Å². The third-order valence-electron chi connectivity index (χ3n) is 3.51. The predicted molar refractivity (Wildman–Crippen MR) is 83.4 cm³/mol. The van der Waals surface area contributed by atoms with Gasteiger partial charge in [-0.05, 0) is 35.7 Å². The van der Waals surface area contributed by atoms with E-state index in [0.29, 0.717) is 25.1 Å². The first-order valence-electron chi connectivity index (χ1n) is 7.18. The quantitative estimate of drug-likeness (QED) is 0.813. The standard InChI is InChI=1S/C16H15FN4O2/c17-12-7-13-11(3-4-15(22)20-13)6-14(12)21-16(23)19-9-10-2-1-5-18-8-10/h1-2,5-8H,3-4,9H2,(H,20,22)(H2,19,21,23). The highest BCUT2D eigenvalue weighted by atomic mass is 19.1. The van der Waals surface area contributed by atoms with Gasteiger partial charge in [-0.1, -0.05) is 6.07 Å². The minimum atomic E-state index is -0.595. The third kappa shape index (κ3) is 3.63. The number of carbonyl (C=O) groups excluding carboxylic acids is 2. The summed E-state index contributed by atoms with van der Waals surface area (Å²) in [6.07, 6.45) is 4.16. The molecule has 0 aliphatic carbocycles. The molecule has 0 radical (unpaired) electrons. The van der Waals surface area contributed by atoms with Crippen LogP contribution >= 0.6 is 0 Å². The number of halogens is 1. The molecule has 6 nitrogen and oxygen atoms in total. The molecular weight excluding hydrogens is 299 g/mol. The molecule has 0 bridgehead atoms. The molecule has 23 heavy (non-hydrogen) atoms. The van der Waals surface area contributed by atoms with Gasteiger partial charge in [0.2, 0.25) is 5.91 Å². The van der Waals surface area contributed by atoms with E-state index in [1.54, 1.807) is 24.5 Å². The SMILES string of the molecule is O=C1CCc2cc(NC(=O)NCc3cccnc3)c(F)cc2N1. The highest BCUT2D eigenvalue weighted by Crippen LogP contribution is 2.28. The van der Waals surface area contributed by atoms with Gasteiger partial charge in [0.25, 0.3) is 0 Å². The number of benzene rings is 1. The Labute approximate surface area is 132 Å². The van der Waals surface area contributed by atoms with Gasteiger partial charge in [-0.25, -0.2) is 9.18 Å². The van der Waals surface area contributed by atoms with Crippen LogP contribution in [-0.2, 0) is 17.8 Å². The van der Waals surface area contributed by atoms with Gasteiger partial charge in [-0.2, -0.15) is 0 Å². The molecule has 0 unspecified atom stereocenters. The first-order valence-corrected chi connectivity index (χ1v) is 7.18. The van der Waals surface area contributed by atoms with Crippen molar-refractivity contribution < 1.29 is 14.0 Å². The lowest BCUT2D eigenvalue weighted by molar-refractivity contribution is -0.116. The molecule has 0 fully saturated rings. The van der Waals surface area contributed by atoms with Crippen molar-refractivity contribution in [3.05, 3.63) is 53.6 Å². The van der Waals surface area contributed by atoms with E-state index in [4.69, 9.17) is 0 Å². The van der Waals surface area contributed by atoms with Crippen molar-refractivity contribution >= 4 is 23.3 Å². The van der Waals surface area contributed by atoms with E-state index in [0.717, 1.165) is 11.1 Å². The van der Waals surface area contributed by atoms with Crippen molar-refractivity contribution in [3.63, 3.8) is 0 Å². The van der Waals surface area contributed by atoms with Crippen LogP contribution in [0.3, 0.4) is 0 Å². The number of hydrogen-bond acceptors (Lipinski definition) is 3. The van der Waals surface area contributed by atoms with E-state index in [1.807, 2.05) is 6.07 Å². The topological polar surface area (TPSA) is 83.1 Å². The van der Waals surface area contributed by atoms with Gasteiger partial charge in [0, 0.05) is 31.0 Å². The van der Waals surface area contributed by atoms with E-state index in [1.165, 1.54) is 6.07 Å². The molecule has 3 rings (SSSR count). The molecule has 2 heterocycles. The minimum Gasteiger partial charge on any atom is -0.334 e. The molecule has 0 saturated carbocycles. The minimum absolute atomic E-state index is 0.0867. The molecule has 1 aliphatic heterocycles. The fraction of sp³-hybridized carbons (Fsp3) is 0.188. The maximum atomic E-state index is 14.0. The fourth-order valence-electron chi connectivity index (χ4n) is 2.35. The van der Waals surface area contributed by atoms with Gasteiger partial charge >= 0.3 is 6.03 Å². The molecule has 1 aromatic heterocycles. The van der Waals surface area contributed by atoms with Crippen LogP contribution in [0.25, 0.3) is 0 Å². The monoisotopic (exact) mass is 314 g/mol. The summed E-state index contributed by atoms with van der Waals surface area (Å²) in [5, 5.41) is 7.73. The normalized spacial score (nSPS) is 13.0. The van der Waals surface area contributed by atoms with E-state index in [9.17, 15) is 14.0 Å². The number of pyridine rings is 1. The smallest absolute Gasteiger partial charge is 0.319 e. The number of amides is 3. The fourth-order valence-corrected chi connectivity index (χ4v) is 2.35. The lowest BCUT2D eigenvalue weighted by Crippen LogP contribution is -2.29. The Kier molecular flexibility index (Phi) is 4.18. The Bertz CT molecular complexity index is 749. The molecule has 0 saturated heterocycles. The van der Waals surface area contributed by atoms with E-state index < -0.39 is 11.8 Å². The number of urea groups is 1. The number of rotatable bonds is 3. The molecule has 3 N–H and O–H groups in total. The molecule has 3 amide bonds. The summed E-state index contributed by atoms with van der Waals surface area (Å²) in [4.78, 5) is 27.1. The summed E-state index contributed by atoms with van der Waals surface area (Å²) in [6, 6.07) is 5.87. The van der Waals surface area contributed by atoms with E-state index >= 15 is 0 Å². The Morgan fingerprint density at radius 2 is 2.22 bits per heavy atom. The van der Waals surface area contributed by atoms with Crippen LogP contribution in [0.1, 0.15) is 17.5 Å². The number of aromatic nitrogens is 1. The lowest BCUT2D eigenvalue weighted by atomic mass is 10.0. The summed E-state index contributed by atoms with van der Waals surface area (Å²) in [5.74, 6) is -0.727. The van der Waals surface area contributed by atoms with Crippen LogP contribution in [-0.4, -0.2) is 16.9 Å². The zero-order valence-corrected chi connectivity index (χ0v) is 12.2. The number of nitrogens with zero attached hydrogens (tertiary/aromatic N) is 1. The largest absolute Gasteiger partial charge is 0.334 e. The van der Waals surface area contributed by atoms with Crippen molar-refractivity contribution in [2.75, 3.05) is 10.6 Å². The number of anilines is 2. The second-order valence-electron chi connectivity index (χ2n) is 5.21. The van der Waals surface area contributed by atoms with Crippen LogP contribution in [0.2, 0.25) is 0 Å². The summed E-state index contributed by atoms with van der Waals surface area (Å²) < 4.78 is 14.0. The molecule has 0 atom stereocenters. The number of fused-ring (bicyclic) bond motifs is 1.